The third-order valence-electron chi connectivity index (χ3n) is 8.64. The van der Waals surface area contributed by atoms with Crippen molar-refractivity contribution in [2.24, 2.45) is 0 Å². The second kappa shape index (κ2) is 13.1. The van der Waals surface area contributed by atoms with E-state index in [0.717, 1.165) is 0 Å². The molecule has 0 fully saturated rings. The van der Waals surface area contributed by atoms with Crippen molar-refractivity contribution < 1.29 is 53.4 Å². The van der Waals surface area contributed by atoms with E-state index < -0.39 is 92.4 Å². The lowest BCUT2D eigenvalue weighted by Gasteiger charge is -2.36. The molecule has 0 spiro atoms. The van der Waals surface area contributed by atoms with Gasteiger partial charge in [-0.1, -0.05) is 72.8 Å². The molecule has 1 aliphatic heterocycles. The third-order valence-corrected chi connectivity index (χ3v) is 8.64. The van der Waals surface area contributed by atoms with Crippen molar-refractivity contribution in [2.75, 3.05) is 9.80 Å². The van der Waals surface area contributed by atoms with E-state index in [4.69, 9.17) is 9.47 Å². The third kappa shape index (κ3) is 5.16. The zero-order chi connectivity index (χ0) is 38.0. The summed E-state index contributed by atoms with van der Waals surface area (Å²) in [6, 6.07) is 25.3. The molecule has 0 saturated heterocycles. The van der Waals surface area contributed by atoms with E-state index in [0.29, 0.717) is 9.80 Å². The van der Waals surface area contributed by atoms with Gasteiger partial charge in [-0.05, 0) is 36.4 Å². The summed E-state index contributed by atoms with van der Waals surface area (Å²) in [5.74, 6) is -23.8. The molecule has 14 heteroatoms. The van der Waals surface area contributed by atoms with Crippen LogP contribution < -0.4 is 19.3 Å². The maximum atomic E-state index is 15.9. The molecule has 270 valence electrons. The van der Waals surface area contributed by atoms with Crippen molar-refractivity contribution in [3.05, 3.63) is 167 Å². The normalized spacial score (nSPS) is 11.8. The van der Waals surface area contributed by atoms with Crippen LogP contribution in [0, 0.1) is 58.2 Å². The van der Waals surface area contributed by atoms with Gasteiger partial charge in [0.05, 0.1) is 0 Å². The highest BCUT2D eigenvalue weighted by Gasteiger charge is 2.40. The number of ether oxygens (including phenoxy) is 2. The van der Waals surface area contributed by atoms with Gasteiger partial charge in [0.1, 0.15) is 22.7 Å². The maximum Gasteiger partial charge on any atom is 0.200 e. The van der Waals surface area contributed by atoms with E-state index in [2.05, 4.69) is 0 Å². The summed E-state index contributed by atoms with van der Waals surface area (Å²) in [6.45, 7) is 0. The van der Waals surface area contributed by atoms with Gasteiger partial charge in [0.2, 0.25) is 11.6 Å². The summed E-state index contributed by atoms with van der Waals surface area (Å²) in [4.78, 5) is 1.40. The molecule has 8 rings (SSSR count). The molecule has 0 radical (unpaired) electrons. The summed E-state index contributed by atoms with van der Waals surface area (Å²) in [5, 5.41) is -0.237. The molecule has 0 bridgehead atoms. The molecule has 7 aromatic rings. The quantitative estimate of drug-likeness (QED) is 0.0732. The zero-order valence-corrected chi connectivity index (χ0v) is 26.9. The maximum absolute atomic E-state index is 15.9. The van der Waals surface area contributed by atoms with Crippen LogP contribution in [0.3, 0.4) is 0 Å². The van der Waals surface area contributed by atoms with E-state index in [1.807, 2.05) is 0 Å². The van der Waals surface area contributed by atoms with Crippen LogP contribution in [0.25, 0.3) is 10.8 Å². The Kier molecular flexibility index (Phi) is 8.32. The molecule has 4 nitrogen and oxygen atoms in total. The minimum absolute atomic E-state index is 0.0274. The Labute approximate surface area is 298 Å². The average molecular weight is 749 g/mol. The Bertz CT molecular complexity index is 2400. The first-order valence-electron chi connectivity index (χ1n) is 15.8. The Morgan fingerprint density at radius 3 is 0.907 bits per heavy atom. The molecule has 1 heterocycles. The molecule has 0 saturated carbocycles. The highest BCUT2D eigenvalue weighted by atomic mass is 19.2. The first-order valence-corrected chi connectivity index (χ1v) is 15.8. The van der Waals surface area contributed by atoms with Crippen molar-refractivity contribution in [3.8, 4) is 23.0 Å². The Morgan fingerprint density at radius 1 is 0.296 bits per heavy atom. The van der Waals surface area contributed by atoms with Crippen molar-refractivity contribution in [3.63, 3.8) is 0 Å². The summed E-state index contributed by atoms with van der Waals surface area (Å²) in [7, 11) is 0. The Hall–Kier alpha value is -6.70. The topological polar surface area (TPSA) is 24.9 Å². The number of para-hydroxylation sites is 4. The smallest absolute Gasteiger partial charge is 0.200 e. The first-order chi connectivity index (χ1) is 26.0. The zero-order valence-electron chi connectivity index (χ0n) is 26.9. The number of rotatable bonds is 6. The lowest BCUT2D eigenvalue weighted by molar-refractivity contribution is 0.361. The van der Waals surface area contributed by atoms with Crippen LogP contribution in [0.4, 0.5) is 78.0 Å². The fourth-order valence-corrected chi connectivity index (χ4v) is 6.30. The standard InChI is InChI=1S/C40H18F10N2O2/c41-25-27(43)31(47)37(32(48)28(25)44)51(19-11-3-1-4-12-19)35-21-15-7-8-16-22(21)36(40-39(35)53-23-17-9-10-18-24(23)54-40)52(20-13-5-2-6-14-20)38-33(49)29(45)26(42)30(46)34(38)50/h1-18H. The molecule has 7 aromatic carbocycles. The van der Waals surface area contributed by atoms with E-state index in [1.165, 1.54) is 109 Å². The molecule has 0 aliphatic carbocycles. The van der Waals surface area contributed by atoms with Gasteiger partial charge in [-0.3, -0.25) is 0 Å². The second-order valence-electron chi connectivity index (χ2n) is 11.7. The average Bonchev–Trinajstić information content (AvgIpc) is 3.20. The summed E-state index contributed by atoms with van der Waals surface area (Å²) in [6.07, 6.45) is 0. The number of nitrogens with zero attached hydrogens (tertiary/aromatic N) is 2. The van der Waals surface area contributed by atoms with Crippen LogP contribution in [0.1, 0.15) is 0 Å². The van der Waals surface area contributed by atoms with Crippen LogP contribution in [0.15, 0.2) is 109 Å². The van der Waals surface area contributed by atoms with Crippen LogP contribution in [0.5, 0.6) is 23.0 Å². The molecular formula is C40H18F10N2O2. The number of fused-ring (bicyclic) bond motifs is 3. The van der Waals surface area contributed by atoms with Gasteiger partial charge in [0, 0.05) is 22.1 Å². The van der Waals surface area contributed by atoms with Gasteiger partial charge in [0.15, 0.2) is 69.5 Å². The van der Waals surface area contributed by atoms with E-state index >= 15 is 17.6 Å². The van der Waals surface area contributed by atoms with Crippen LogP contribution >= 0.6 is 0 Å². The summed E-state index contributed by atoms with van der Waals surface area (Å²) >= 11 is 0. The highest BCUT2D eigenvalue weighted by molar-refractivity contribution is 6.13. The van der Waals surface area contributed by atoms with E-state index in [9.17, 15) is 26.3 Å². The van der Waals surface area contributed by atoms with Crippen molar-refractivity contribution in [2.45, 2.75) is 0 Å². The van der Waals surface area contributed by atoms with Crippen molar-refractivity contribution in [1.29, 1.82) is 0 Å². The minimum atomic E-state index is -2.42. The molecule has 0 unspecified atom stereocenters. The van der Waals surface area contributed by atoms with Crippen LogP contribution in [0.2, 0.25) is 0 Å². The van der Waals surface area contributed by atoms with Gasteiger partial charge >= 0.3 is 0 Å². The van der Waals surface area contributed by atoms with Crippen molar-refractivity contribution in [1.82, 2.24) is 0 Å². The van der Waals surface area contributed by atoms with Crippen molar-refractivity contribution >= 4 is 44.9 Å². The molecule has 1 aliphatic rings. The lowest BCUT2D eigenvalue weighted by Crippen LogP contribution is -2.21. The van der Waals surface area contributed by atoms with Gasteiger partial charge < -0.3 is 19.3 Å². The monoisotopic (exact) mass is 748 g/mol. The molecule has 0 atom stereocenters. The molecule has 0 N–H and O–H groups in total. The fraction of sp³-hybridized carbons (Fsp3) is 0. The van der Waals surface area contributed by atoms with Crippen LogP contribution in [-0.2, 0) is 0 Å². The second-order valence-corrected chi connectivity index (χ2v) is 11.7. The number of anilines is 6. The predicted molar refractivity (Wildman–Crippen MR) is 179 cm³/mol. The SMILES string of the molecule is Fc1c(F)c(F)c(N(c2ccccc2)c2c3c(c(N(c4ccccc4)c4c(F)c(F)c(F)c(F)c4F)c4ccccc24)Oc2ccccc2O3)c(F)c1F. The number of halogens is 10. The van der Waals surface area contributed by atoms with Crippen LogP contribution in [-0.4, -0.2) is 0 Å². The lowest BCUT2D eigenvalue weighted by atomic mass is 9.99. The molecular weight excluding hydrogens is 730 g/mol. The largest absolute Gasteiger partial charge is 0.447 e. The minimum Gasteiger partial charge on any atom is -0.447 e. The van der Waals surface area contributed by atoms with E-state index in [1.54, 1.807) is 0 Å². The number of benzene rings is 7. The molecule has 0 aromatic heterocycles. The molecule has 0 amide bonds. The number of hydrogen-bond donors (Lipinski definition) is 0. The molecule has 54 heavy (non-hydrogen) atoms. The summed E-state index contributed by atoms with van der Waals surface area (Å²) < 4.78 is 165. The Morgan fingerprint density at radius 2 is 0.574 bits per heavy atom. The first kappa shape index (κ1) is 34.4. The summed E-state index contributed by atoms with van der Waals surface area (Å²) in [5.41, 5.74) is -3.94. The van der Waals surface area contributed by atoms with E-state index in [-0.39, 0.29) is 33.6 Å². The van der Waals surface area contributed by atoms with Gasteiger partial charge in [0.25, 0.3) is 0 Å². The fourth-order valence-electron chi connectivity index (χ4n) is 6.30. The predicted octanol–water partition coefficient (Wildman–Crippen LogP) is 13.1. The number of hydrogen-bond acceptors (Lipinski definition) is 4. The van der Waals surface area contributed by atoms with Gasteiger partial charge in [-0.15, -0.1) is 0 Å². The van der Waals surface area contributed by atoms with Gasteiger partial charge in [-0.2, -0.15) is 0 Å². The Balaban J connectivity index is 1.58. The van der Waals surface area contributed by atoms with Gasteiger partial charge in [-0.25, -0.2) is 43.9 Å². The highest BCUT2D eigenvalue weighted by Crippen LogP contribution is 2.62.